The number of halogens is 3. The Balaban J connectivity index is 3.33. The number of hydrogen-bond donors (Lipinski definition) is 0. The number of esters is 1. The maximum Gasteiger partial charge on any atom is 0.382 e. The van der Waals surface area contributed by atoms with Crippen LogP contribution in [0.1, 0.15) is 12.5 Å². The molecule has 94 valence electrons. The number of hydrogen-bond acceptors (Lipinski definition) is 3. The Kier molecular flexibility index (Phi) is 4.03. The average molecular weight is 310 g/mol. The van der Waals surface area contributed by atoms with E-state index in [-0.39, 0.29) is 11.1 Å². The first-order valence-electron chi connectivity index (χ1n) is 4.72. The molecule has 0 N–H and O–H groups in total. The predicted molar refractivity (Wildman–Crippen MR) is 59.9 cm³/mol. The lowest BCUT2D eigenvalue weighted by molar-refractivity contribution is -0.173. The number of ether oxygens (including phenoxy) is 1. The van der Waals surface area contributed by atoms with Crippen LogP contribution in [0.25, 0.3) is 0 Å². The second kappa shape index (κ2) is 4.95. The van der Waals surface area contributed by atoms with Gasteiger partial charge in [0, 0.05) is 17.7 Å². The highest BCUT2D eigenvalue weighted by Crippen LogP contribution is 2.28. The van der Waals surface area contributed by atoms with Crippen LogP contribution in [0, 0.1) is 0 Å². The molecule has 1 heterocycles. The van der Waals surface area contributed by atoms with Crippen molar-refractivity contribution in [2.75, 3.05) is 6.61 Å². The van der Waals surface area contributed by atoms with Crippen LogP contribution >= 0.6 is 15.9 Å². The van der Waals surface area contributed by atoms with E-state index in [1.165, 1.54) is 20.2 Å². The molecule has 7 heteroatoms. The number of rotatable bonds is 3. The number of nitrogens with zero attached hydrogens (tertiary/aromatic N) is 1. The fraction of sp³-hybridized carbons (Fsp3) is 0.400. The van der Waals surface area contributed by atoms with Gasteiger partial charge in [-0.15, -0.1) is 0 Å². The maximum absolute atomic E-state index is 13.6. The summed E-state index contributed by atoms with van der Waals surface area (Å²) in [6.45, 7) is 1.23. The highest BCUT2D eigenvalue weighted by atomic mass is 79.9. The van der Waals surface area contributed by atoms with E-state index >= 15 is 0 Å². The van der Waals surface area contributed by atoms with E-state index in [1.54, 1.807) is 0 Å². The standard InChI is InChI=1S/C10H10BrF2NO3/c1-3-17-9(16)10(12,13)7-4-6(11)5-14(2)8(7)15/h4-5H,3H2,1-2H3. The highest BCUT2D eigenvalue weighted by Gasteiger charge is 2.45. The van der Waals surface area contributed by atoms with Gasteiger partial charge in [0.05, 0.1) is 12.2 Å². The zero-order valence-corrected chi connectivity index (χ0v) is 10.8. The molecule has 0 atom stereocenters. The highest BCUT2D eigenvalue weighted by molar-refractivity contribution is 9.10. The quantitative estimate of drug-likeness (QED) is 0.800. The molecule has 1 rings (SSSR count). The zero-order chi connectivity index (χ0) is 13.2. The van der Waals surface area contributed by atoms with Crippen LogP contribution in [0.5, 0.6) is 0 Å². The van der Waals surface area contributed by atoms with Crippen molar-refractivity contribution in [2.45, 2.75) is 12.8 Å². The lowest BCUT2D eigenvalue weighted by Gasteiger charge is -2.15. The molecule has 0 saturated carbocycles. The van der Waals surface area contributed by atoms with Gasteiger partial charge in [-0.05, 0) is 28.9 Å². The van der Waals surface area contributed by atoms with Crippen LogP contribution in [0.4, 0.5) is 8.78 Å². The molecule has 1 aromatic rings. The number of carbonyl (C=O) groups is 1. The summed E-state index contributed by atoms with van der Waals surface area (Å²) in [6, 6.07) is 0.916. The molecule has 17 heavy (non-hydrogen) atoms. The van der Waals surface area contributed by atoms with Crippen LogP contribution in [-0.2, 0) is 22.5 Å². The topological polar surface area (TPSA) is 48.3 Å². The molecule has 0 aliphatic rings. The van der Waals surface area contributed by atoms with Gasteiger partial charge in [-0.25, -0.2) is 4.79 Å². The van der Waals surface area contributed by atoms with Gasteiger partial charge in [-0.1, -0.05) is 0 Å². The van der Waals surface area contributed by atoms with Crippen LogP contribution in [-0.4, -0.2) is 17.1 Å². The van der Waals surface area contributed by atoms with Crippen LogP contribution < -0.4 is 5.56 Å². The summed E-state index contributed by atoms with van der Waals surface area (Å²) < 4.78 is 32.8. The number of pyridine rings is 1. The molecule has 0 amide bonds. The van der Waals surface area contributed by atoms with Crippen molar-refractivity contribution in [3.8, 4) is 0 Å². The van der Waals surface area contributed by atoms with Crippen molar-refractivity contribution in [3.63, 3.8) is 0 Å². The normalized spacial score (nSPS) is 11.4. The Hall–Kier alpha value is -1.24. The average Bonchev–Trinajstić information content (AvgIpc) is 2.23. The first-order chi connectivity index (χ1) is 7.80. The Morgan fingerprint density at radius 2 is 2.18 bits per heavy atom. The third kappa shape index (κ3) is 2.71. The number of aromatic nitrogens is 1. The van der Waals surface area contributed by atoms with Gasteiger partial charge in [0.2, 0.25) is 0 Å². The van der Waals surface area contributed by atoms with E-state index in [0.717, 1.165) is 10.6 Å². The third-order valence-electron chi connectivity index (χ3n) is 2.02. The third-order valence-corrected chi connectivity index (χ3v) is 2.45. The summed E-state index contributed by atoms with van der Waals surface area (Å²) >= 11 is 2.98. The van der Waals surface area contributed by atoms with E-state index in [2.05, 4.69) is 20.7 Å². The number of carbonyl (C=O) groups excluding carboxylic acids is 1. The summed E-state index contributed by atoms with van der Waals surface area (Å²) in [5, 5.41) is 0. The first-order valence-corrected chi connectivity index (χ1v) is 5.51. The van der Waals surface area contributed by atoms with E-state index < -0.39 is 23.0 Å². The van der Waals surface area contributed by atoms with Gasteiger partial charge in [0.25, 0.3) is 5.56 Å². The largest absolute Gasteiger partial charge is 0.461 e. The molecule has 0 fully saturated rings. The van der Waals surface area contributed by atoms with Crippen molar-refractivity contribution < 1.29 is 18.3 Å². The molecule has 0 aliphatic carbocycles. The Morgan fingerprint density at radius 3 is 2.71 bits per heavy atom. The fourth-order valence-corrected chi connectivity index (χ4v) is 1.76. The van der Waals surface area contributed by atoms with E-state index in [9.17, 15) is 18.4 Å². The summed E-state index contributed by atoms with van der Waals surface area (Å²) in [6.07, 6.45) is 1.33. The van der Waals surface area contributed by atoms with E-state index in [0.29, 0.717) is 0 Å². The molecule has 0 bridgehead atoms. The van der Waals surface area contributed by atoms with Gasteiger partial charge in [-0.3, -0.25) is 4.79 Å². The Labute approximate surface area is 104 Å². The number of aryl methyl sites for hydroxylation is 1. The van der Waals surface area contributed by atoms with Gasteiger partial charge in [0.1, 0.15) is 0 Å². The fourth-order valence-electron chi connectivity index (χ4n) is 1.23. The molecule has 0 aliphatic heterocycles. The predicted octanol–water partition coefficient (Wildman–Crippen LogP) is 1.80. The number of alkyl halides is 2. The Morgan fingerprint density at radius 1 is 1.59 bits per heavy atom. The van der Waals surface area contributed by atoms with E-state index in [1.807, 2.05) is 0 Å². The molecule has 0 aromatic carbocycles. The van der Waals surface area contributed by atoms with Crippen molar-refractivity contribution in [2.24, 2.45) is 7.05 Å². The minimum Gasteiger partial charge on any atom is -0.461 e. The smallest absolute Gasteiger partial charge is 0.382 e. The molecule has 0 unspecified atom stereocenters. The SMILES string of the molecule is CCOC(=O)C(F)(F)c1cc(Br)cn(C)c1=O. The molecular weight excluding hydrogens is 300 g/mol. The van der Waals surface area contributed by atoms with Gasteiger partial charge >= 0.3 is 11.9 Å². The van der Waals surface area contributed by atoms with Crippen LogP contribution in [0.3, 0.4) is 0 Å². The van der Waals surface area contributed by atoms with Crippen LogP contribution in [0.15, 0.2) is 21.5 Å². The molecule has 0 spiro atoms. The molecular formula is C10H10BrF2NO3. The molecule has 4 nitrogen and oxygen atoms in total. The van der Waals surface area contributed by atoms with Crippen molar-refractivity contribution in [3.05, 3.63) is 32.7 Å². The molecule has 0 saturated heterocycles. The summed E-state index contributed by atoms with van der Waals surface area (Å²) in [5.41, 5.74) is -1.85. The van der Waals surface area contributed by atoms with Crippen molar-refractivity contribution in [1.29, 1.82) is 0 Å². The Bertz CT molecular complexity index is 499. The van der Waals surface area contributed by atoms with E-state index in [4.69, 9.17) is 0 Å². The minimum atomic E-state index is -3.95. The molecule has 1 aromatic heterocycles. The van der Waals surface area contributed by atoms with Crippen LogP contribution in [0.2, 0.25) is 0 Å². The van der Waals surface area contributed by atoms with Gasteiger partial charge in [0.15, 0.2) is 0 Å². The monoisotopic (exact) mass is 309 g/mol. The summed E-state index contributed by atoms with van der Waals surface area (Å²) in [7, 11) is 1.32. The van der Waals surface area contributed by atoms with Gasteiger partial charge in [-0.2, -0.15) is 8.78 Å². The second-order valence-corrected chi connectivity index (χ2v) is 4.20. The lowest BCUT2D eigenvalue weighted by atomic mass is 10.1. The zero-order valence-electron chi connectivity index (χ0n) is 9.17. The summed E-state index contributed by atoms with van der Waals surface area (Å²) in [4.78, 5) is 22.6. The van der Waals surface area contributed by atoms with Crippen molar-refractivity contribution >= 4 is 21.9 Å². The van der Waals surface area contributed by atoms with Crippen molar-refractivity contribution in [1.82, 2.24) is 4.57 Å². The minimum absolute atomic E-state index is 0.178. The lowest BCUT2D eigenvalue weighted by Crippen LogP contribution is -2.36. The molecule has 0 radical (unpaired) electrons. The second-order valence-electron chi connectivity index (χ2n) is 3.28. The maximum atomic E-state index is 13.6. The summed E-state index contributed by atoms with van der Waals surface area (Å²) in [5.74, 6) is -5.68. The van der Waals surface area contributed by atoms with Gasteiger partial charge < -0.3 is 9.30 Å². The first kappa shape index (κ1) is 13.8.